The second kappa shape index (κ2) is 9.89. The molecule has 11 nitrogen and oxygen atoms in total. The summed E-state index contributed by atoms with van der Waals surface area (Å²) in [5.74, 6) is -2.55. The first-order valence-electron chi connectivity index (χ1n) is 13.0. The normalized spacial score (nSPS) is 25.9. The van der Waals surface area contributed by atoms with Crippen molar-refractivity contribution in [1.29, 1.82) is 0 Å². The van der Waals surface area contributed by atoms with Crippen LogP contribution in [0.2, 0.25) is 0 Å². The molecule has 208 valence electrons. The van der Waals surface area contributed by atoms with Gasteiger partial charge < -0.3 is 31.7 Å². The molecule has 0 aromatic rings. The van der Waals surface area contributed by atoms with E-state index in [0.29, 0.717) is 13.0 Å². The van der Waals surface area contributed by atoms with Gasteiger partial charge in [-0.15, -0.1) is 0 Å². The summed E-state index contributed by atoms with van der Waals surface area (Å²) >= 11 is 0. The Morgan fingerprint density at radius 3 is 2.14 bits per heavy atom. The van der Waals surface area contributed by atoms with Crippen molar-refractivity contribution < 1.29 is 29.1 Å². The number of primary amides is 1. The third kappa shape index (κ3) is 6.25. The smallest absolute Gasteiger partial charge is 0.315 e. The predicted molar refractivity (Wildman–Crippen MR) is 136 cm³/mol. The van der Waals surface area contributed by atoms with Crippen molar-refractivity contribution >= 4 is 29.5 Å². The van der Waals surface area contributed by atoms with E-state index in [1.165, 1.54) is 4.90 Å². The van der Waals surface area contributed by atoms with Gasteiger partial charge in [0.1, 0.15) is 12.1 Å². The summed E-state index contributed by atoms with van der Waals surface area (Å²) in [6.45, 7) is 12.9. The number of carbonyl (C=O) groups is 5. The van der Waals surface area contributed by atoms with E-state index in [9.17, 15) is 29.1 Å². The lowest BCUT2D eigenvalue weighted by Crippen LogP contribution is -2.62. The maximum atomic E-state index is 13.9. The van der Waals surface area contributed by atoms with Crippen molar-refractivity contribution in [3.8, 4) is 0 Å². The molecule has 2 aliphatic carbocycles. The van der Waals surface area contributed by atoms with Gasteiger partial charge in [0.2, 0.25) is 17.6 Å². The van der Waals surface area contributed by atoms with Crippen molar-refractivity contribution in [2.24, 2.45) is 34.3 Å². The van der Waals surface area contributed by atoms with Gasteiger partial charge in [0.25, 0.3) is 5.91 Å². The molecule has 0 aromatic heterocycles. The topological polar surface area (TPSA) is 171 Å². The Hall–Kier alpha value is -2.69. The summed E-state index contributed by atoms with van der Waals surface area (Å²) < 4.78 is 0. The van der Waals surface area contributed by atoms with Crippen LogP contribution < -0.4 is 21.7 Å². The van der Waals surface area contributed by atoms with Crippen LogP contribution in [0.15, 0.2) is 0 Å². The second-order valence-electron chi connectivity index (χ2n) is 13.3. The fourth-order valence-electron chi connectivity index (χ4n) is 5.49. The highest BCUT2D eigenvalue weighted by molar-refractivity contribution is 6.37. The Balaban J connectivity index is 1.83. The summed E-state index contributed by atoms with van der Waals surface area (Å²) in [6.07, 6.45) is 2.20. The third-order valence-electron chi connectivity index (χ3n) is 8.14. The Morgan fingerprint density at radius 1 is 1.05 bits per heavy atom. The Labute approximate surface area is 218 Å². The zero-order valence-electron chi connectivity index (χ0n) is 23.0. The number of nitrogens with two attached hydrogens (primary N) is 1. The van der Waals surface area contributed by atoms with Crippen LogP contribution in [-0.2, 0) is 19.2 Å². The molecule has 6 N–H and O–H groups in total. The first kappa shape index (κ1) is 28.9. The maximum absolute atomic E-state index is 13.9. The average molecular weight is 522 g/mol. The Bertz CT molecular complexity index is 967. The van der Waals surface area contributed by atoms with Crippen LogP contribution in [0, 0.1) is 28.6 Å². The molecule has 2 saturated carbocycles. The van der Waals surface area contributed by atoms with Gasteiger partial charge in [0, 0.05) is 6.54 Å². The van der Waals surface area contributed by atoms with Gasteiger partial charge in [-0.1, -0.05) is 47.5 Å². The monoisotopic (exact) mass is 521 g/mol. The van der Waals surface area contributed by atoms with E-state index in [1.807, 2.05) is 34.6 Å². The summed E-state index contributed by atoms with van der Waals surface area (Å²) in [5, 5.41) is 17.6. The molecule has 3 fully saturated rings. The minimum atomic E-state index is -1.09. The van der Waals surface area contributed by atoms with Gasteiger partial charge >= 0.3 is 6.03 Å². The number of amides is 5. The molecule has 11 heteroatoms. The van der Waals surface area contributed by atoms with E-state index >= 15 is 0 Å². The number of hydrogen-bond acceptors (Lipinski definition) is 6. The van der Waals surface area contributed by atoms with E-state index in [0.717, 1.165) is 12.8 Å². The van der Waals surface area contributed by atoms with E-state index in [4.69, 9.17) is 5.73 Å². The van der Waals surface area contributed by atoms with Crippen LogP contribution >= 0.6 is 0 Å². The number of nitrogens with one attached hydrogen (secondary N) is 3. The van der Waals surface area contributed by atoms with Crippen LogP contribution in [-0.4, -0.2) is 76.4 Å². The van der Waals surface area contributed by atoms with Crippen molar-refractivity contribution in [2.45, 2.75) is 91.4 Å². The Morgan fingerprint density at radius 2 is 1.65 bits per heavy atom. The third-order valence-corrected chi connectivity index (χ3v) is 8.14. The number of Topliss-reactive ketones (excluding diaryl/α,β-unsaturated/α-hetero) is 1. The van der Waals surface area contributed by atoms with Gasteiger partial charge in [-0.3, -0.25) is 19.2 Å². The zero-order valence-corrected chi connectivity index (χ0v) is 23.0. The standard InChI is InChI=1S/C26H43N5O6/c1-24(2,3)19(29-23(37)30-25(4,5)12-32)22(36)31-11-14-16(26(14,6)7)17(31)21(35)28-15(10-13-8-9-13)18(33)20(27)34/h13-17,19,32H,8-12H2,1-7H3,(H2,27,34)(H,28,35)(H2,29,30,37)/t14-,15?,16-,17-,19+/m0/s1. The highest BCUT2D eigenvalue weighted by Gasteiger charge is 2.70. The number of urea groups is 1. The van der Waals surface area contributed by atoms with Crippen molar-refractivity contribution in [3.05, 3.63) is 0 Å². The van der Waals surface area contributed by atoms with Gasteiger partial charge in [-0.05, 0) is 48.9 Å². The number of fused-ring (bicyclic) bond motifs is 1. The van der Waals surface area contributed by atoms with Gasteiger partial charge in [-0.25, -0.2) is 4.79 Å². The lowest BCUT2D eigenvalue weighted by atomic mass is 9.85. The van der Waals surface area contributed by atoms with E-state index in [2.05, 4.69) is 16.0 Å². The number of carbonyl (C=O) groups excluding carboxylic acids is 5. The fourth-order valence-corrected chi connectivity index (χ4v) is 5.49. The largest absolute Gasteiger partial charge is 0.394 e. The molecule has 1 aliphatic heterocycles. The molecule has 0 spiro atoms. The molecule has 0 aromatic carbocycles. The maximum Gasteiger partial charge on any atom is 0.315 e. The predicted octanol–water partition coefficient (Wildman–Crippen LogP) is 0.294. The quantitative estimate of drug-likeness (QED) is 0.259. The first-order valence-corrected chi connectivity index (χ1v) is 13.0. The molecular formula is C26H43N5O6. The number of rotatable bonds is 10. The zero-order chi connectivity index (χ0) is 28.1. The minimum Gasteiger partial charge on any atom is -0.394 e. The van der Waals surface area contributed by atoms with Crippen LogP contribution in [0.5, 0.6) is 0 Å². The number of hydrogen-bond donors (Lipinski definition) is 5. The van der Waals surface area contributed by atoms with Crippen LogP contribution in [0.3, 0.4) is 0 Å². The number of likely N-dealkylation sites (tertiary alicyclic amines) is 1. The highest BCUT2D eigenvalue weighted by atomic mass is 16.3. The second-order valence-corrected chi connectivity index (χ2v) is 13.3. The van der Waals surface area contributed by atoms with Crippen molar-refractivity contribution in [3.63, 3.8) is 0 Å². The summed E-state index contributed by atoms with van der Waals surface area (Å²) in [4.78, 5) is 65.8. The molecule has 1 heterocycles. The van der Waals surface area contributed by atoms with Gasteiger partial charge in [-0.2, -0.15) is 0 Å². The highest BCUT2D eigenvalue weighted by Crippen LogP contribution is 2.65. The van der Waals surface area contributed by atoms with E-state index in [-0.39, 0.29) is 29.8 Å². The molecule has 37 heavy (non-hydrogen) atoms. The summed E-state index contributed by atoms with van der Waals surface area (Å²) in [7, 11) is 0. The minimum absolute atomic E-state index is 0.101. The molecular weight excluding hydrogens is 478 g/mol. The average Bonchev–Trinajstić information content (AvgIpc) is 3.62. The van der Waals surface area contributed by atoms with Crippen molar-refractivity contribution in [2.75, 3.05) is 13.2 Å². The Kier molecular flexibility index (Phi) is 7.71. The molecule has 5 amide bonds. The molecule has 3 rings (SSSR count). The first-order chi connectivity index (χ1) is 16.9. The number of ketones is 1. The molecule has 3 aliphatic rings. The lowest BCUT2D eigenvalue weighted by Gasteiger charge is -2.38. The molecule has 0 radical (unpaired) electrons. The number of aliphatic hydroxyl groups is 1. The van der Waals surface area contributed by atoms with Gasteiger partial charge in [0.05, 0.1) is 18.2 Å². The number of piperidine rings is 1. The van der Waals surface area contributed by atoms with Crippen LogP contribution in [0.25, 0.3) is 0 Å². The number of nitrogens with zero attached hydrogens (tertiary/aromatic N) is 1. The summed E-state index contributed by atoms with van der Waals surface area (Å²) in [6, 6.07) is -3.40. The molecule has 1 saturated heterocycles. The van der Waals surface area contributed by atoms with E-state index in [1.54, 1.807) is 13.8 Å². The van der Waals surface area contributed by atoms with Crippen LogP contribution in [0.4, 0.5) is 4.79 Å². The molecule has 1 unspecified atom stereocenters. The fraction of sp³-hybridized carbons (Fsp3) is 0.808. The SMILES string of the molecule is CC(C)(CO)NC(=O)N[C@H](C(=O)N1C[C@H]2[C@@H]([C@H]1C(=O)NC(CC1CC1)C(=O)C(N)=O)C2(C)C)C(C)(C)C. The van der Waals surface area contributed by atoms with Crippen LogP contribution in [0.1, 0.15) is 67.7 Å². The van der Waals surface area contributed by atoms with Crippen molar-refractivity contribution in [1.82, 2.24) is 20.9 Å². The lowest BCUT2D eigenvalue weighted by molar-refractivity contribution is -0.145. The molecule has 5 atom stereocenters. The summed E-state index contributed by atoms with van der Waals surface area (Å²) in [5.41, 5.74) is 3.51. The number of aliphatic hydroxyl groups excluding tert-OH is 1. The molecule has 0 bridgehead atoms. The van der Waals surface area contributed by atoms with E-state index < -0.39 is 58.6 Å². The van der Waals surface area contributed by atoms with Gasteiger partial charge in [0.15, 0.2) is 0 Å².